The second kappa shape index (κ2) is 13.6. The number of non-ortho nitro benzene ring substituents is 1. The number of aromatic nitrogens is 2. The molecule has 0 fully saturated rings. The van der Waals surface area contributed by atoms with Gasteiger partial charge < -0.3 is 30.3 Å². The van der Waals surface area contributed by atoms with Crippen molar-refractivity contribution in [1.82, 2.24) is 9.55 Å². The molecule has 1 aromatic heterocycles. The number of rotatable bonds is 12. The van der Waals surface area contributed by atoms with Gasteiger partial charge in [-0.15, -0.1) is 0 Å². The summed E-state index contributed by atoms with van der Waals surface area (Å²) in [4.78, 5) is 49.6. The molecule has 2 aromatic carbocycles. The second-order valence-electron chi connectivity index (χ2n) is 8.25. The van der Waals surface area contributed by atoms with E-state index >= 15 is 0 Å². The van der Waals surface area contributed by atoms with Crippen molar-refractivity contribution in [3.05, 3.63) is 92.5 Å². The molecule has 15 heteroatoms. The van der Waals surface area contributed by atoms with Crippen LogP contribution in [-0.4, -0.2) is 55.1 Å². The lowest BCUT2D eigenvalue weighted by atomic mass is 10.0. The Morgan fingerprint density at radius 1 is 1.07 bits per heavy atom. The van der Waals surface area contributed by atoms with Gasteiger partial charge in [-0.25, -0.2) is 9.36 Å². The van der Waals surface area contributed by atoms with E-state index in [1.807, 2.05) is 0 Å². The van der Waals surface area contributed by atoms with Crippen LogP contribution >= 0.6 is 0 Å². The molecule has 0 bridgehead atoms. The van der Waals surface area contributed by atoms with Gasteiger partial charge in [-0.1, -0.05) is 5.16 Å². The number of nitrogen functional groups attached to an aromatic ring is 1. The van der Waals surface area contributed by atoms with E-state index in [2.05, 4.69) is 10.1 Å². The van der Waals surface area contributed by atoms with E-state index < -0.39 is 35.1 Å². The third-order valence-electron chi connectivity index (χ3n) is 5.27. The minimum atomic E-state index is -1.68. The fourth-order valence-corrected chi connectivity index (χ4v) is 3.28. The van der Waals surface area contributed by atoms with Crippen LogP contribution in [0.1, 0.15) is 37.3 Å². The number of nitro benzene ring substituents is 1. The predicted octanol–water partition coefficient (Wildman–Crippen LogP) is 1.74. The smallest absolute Gasteiger partial charge is 0.353 e. The number of esters is 2. The highest BCUT2D eigenvalue weighted by Gasteiger charge is 2.17. The molecule has 0 saturated carbocycles. The van der Waals surface area contributed by atoms with E-state index in [1.165, 1.54) is 67.7 Å². The molecule has 2 atom stereocenters. The molecule has 4 N–H and O–H groups in total. The largest absolute Gasteiger partial charge is 0.463 e. The molecular formula is C25H25N5O10. The molecule has 1 heterocycles. The van der Waals surface area contributed by atoms with Crippen LogP contribution in [0, 0.1) is 10.1 Å². The highest BCUT2D eigenvalue weighted by molar-refractivity contribution is 6.12. The van der Waals surface area contributed by atoms with Gasteiger partial charge in [0.05, 0.1) is 23.9 Å². The van der Waals surface area contributed by atoms with Crippen LogP contribution < -0.4 is 16.2 Å². The first-order valence-electron chi connectivity index (χ1n) is 11.7. The number of aliphatic hydroxyl groups is 1. The maximum atomic E-state index is 12.1. The zero-order chi connectivity index (χ0) is 29.2. The van der Waals surface area contributed by atoms with Crippen molar-refractivity contribution in [2.45, 2.75) is 32.3 Å². The molecule has 3 rings (SSSR count). The average Bonchev–Trinajstić information content (AvgIpc) is 2.92. The van der Waals surface area contributed by atoms with Crippen LogP contribution in [-0.2, 0) is 19.1 Å². The Morgan fingerprint density at radius 2 is 1.68 bits per heavy atom. The Labute approximate surface area is 226 Å². The van der Waals surface area contributed by atoms with Crippen molar-refractivity contribution in [2.24, 2.45) is 5.16 Å². The topological polar surface area (TPSA) is 219 Å². The van der Waals surface area contributed by atoms with Gasteiger partial charge in [0.25, 0.3) is 5.69 Å². The van der Waals surface area contributed by atoms with E-state index in [0.29, 0.717) is 11.1 Å². The Kier molecular flexibility index (Phi) is 9.99. The number of nitro groups is 1. The number of carbonyl (C=O) groups is 2. The van der Waals surface area contributed by atoms with Crippen LogP contribution in [0.3, 0.4) is 0 Å². The number of benzene rings is 2. The first-order chi connectivity index (χ1) is 19.1. The molecule has 0 aliphatic heterocycles. The maximum Gasteiger partial charge on any atom is 0.353 e. The third kappa shape index (κ3) is 8.17. The van der Waals surface area contributed by atoms with Gasteiger partial charge in [0.15, 0.2) is 0 Å². The van der Waals surface area contributed by atoms with Crippen LogP contribution in [0.4, 0.5) is 11.5 Å². The Bertz CT molecular complexity index is 1440. The molecule has 15 nitrogen and oxygen atoms in total. The summed E-state index contributed by atoms with van der Waals surface area (Å²) in [5.41, 5.74) is 5.50. The number of hydrogen-bond acceptors (Lipinski definition) is 13. The monoisotopic (exact) mass is 555 g/mol. The molecule has 40 heavy (non-hydrogen) atoms. The van der Waals surface area contributed by atoms with Gasteiger partial charge >= 0.3 is 17.6 Å². The second-order valence-corrected chi connectivity index (χ2v) is 8.25. The zero-order valence-corrected chi connectivity index (χ0v) is 21.1. The molecule has 0 radical (unpaired) electrons. The number of nitrogens with zero attached hydrogens (tertiary/aromatic N) is 4. The van der Waals surface area contributed by atoms with E-state index in [-0.39, 0.29) is 42.4 Å². The summed E-state index contributed by atoms with van der Waals surface area (Å²) in [6, 6.07) is 12.7. The van der Waals surface area contributed by atoms with E-state index in [1.54, 1.807) is 0 Å². The summed E-state index contributed by atoms with van der Waals surface area (Å²) in [6.45, 7) is 1.24. The van der Waals surface area contributed by atoms with Crippen LogP contribution in [0.5, 0.6) is 5.75 Å². The molecule has 0 aliphatic carbocycles. The lowest BCUT2D eigenvalue weighted by Crippen LogP contribution is -2.31. The van der Waals surface area contributed by atoms with Gasteiger partial charge in [-0.2, -0.15) is 4.98 Å². The van der Waals surface area contributed by atoms with Crippen molar-refractivity contribution in [3.63, 3.8) is 0 Å². The lowest BCUT2D eigenvalue weighted by Gasteiger charge is -2.19. The summed E-state index contributed by atoms with van der Waals surface area (Å²) in [6.07, 6.45) is -1.84. The Hall–Kier alpha value is -5.15. The first kappa shape index (κ1) is 29.4. The van der Waals surface area contributed by atoms with Crippen molar-refractivity contribution in [1.29, 1.82) is 0 Å². The molecular weight excluding hydrogens is 530 g/mol. The van der Waals surface area contributed by atoms with Gasteiger partial charge in [0, 0.05) is 29.5 Å². The third-order valence-corrected chi connectivity index (χ3v) is 5.27. The Morgan fingerprint density at radius 3 is 2.25 bits per heavy atom. The Balaban J connectivity index is 1.43. The lowest BCUT2D eigenvalue weighted by molar-refractivity contribution is -0.384. The van der Waals surface area contributed by atoms with E-state index in [9.17, 15) is 34.8 Å². The number of nitrogens with two attached hydrogens (primary N) is 1. The maximum absolute atomic E-state index is 12.1. The zero-order valence-electron chi connectivity index (χ0n) is 21.1. The van der Waals surface area contributed by atoms with Crippen molar-refractivity contribution in [2.75, 3.05) is 12.3 Å². The number of hydrogen-bond donors (Lipinski definition) is 3. The van der Waals surface area contributed by atoms with Gasteiger partial charge in [0.2, 0.25) is 6.41 Å². The normalized spacial score (nSPS) is 12.8. The van der Waals surface area contributed by atoms with E-state index in [0.717, 1.165) is 4.57 Å². The number of anilines is 1. The molecule has 0 spiro atoms. The van der Waals surface area contributed by atoms with Crippen molar-refractivity contribution in [3.8, 4) is 5.75 Å². The summed E-state index contributed by atoms with van der Waals surface area (Å²) < 4.78 is 16.2. The summed E-state index contributed by atoms with van der Waals surface area (Å²) in [5, 5.41) is 33.5. The minimum absolute atomic E-state index is 0.0176. The fraction of sp³-hybridized carbons (Fsp3) is 0.240. The van der Waals surface area contributed by atoms with Crippen molar-refractivity contribution < 1.29 is 39.0 Å². The number of aliphatic hydroxyl groups excluding tert-OH is 1. The predicted molar refractivity (Wildman–Crippen MR) is 138 cm³/mol. The number of oxime groups is 1. The molecule has 0 amide bonds. The molecule has 3 aromatic rings. The van der Waals surface area contributed by atoms with Crippen LogP contribution in [0.2, 0.25) is 0 Å². The fourth-order valence-electron chi connectivity index (χ4n) is 3.28. The minimum Gasteiger partial charge on any atom is -0.463 e. The average molecular weight is 556 g/mol. The number of ether oxygens (including phenoxy) is 3. The SMILES string of the molecule is CC(COC(=O)CCC(=O)Oc1ccc(/C(=N/O)c2ccc([N+](=O)[O-])cc2)cc1)OC(O)n1ccc(N)nc1=O. The highest BCUT2D eigenvalue weighted by Crippen LogP contribution is 2.19. The molecule has 0 aliphatic rings. The van der Waals surface area contributed by atoms with Gasteiger partial charge in [-0.05, 0) is 49.4 Å². The first-order valence-corrected chi connectivity index (χ1v) is 11.7. The number of carbonyl (C=O) groups excluding carboxylic acids is 2. The van der Waals surface area contributed by atoms with Gasteiger partial charge in [-0.3, -0.25) is 19.7 Å². The van der Waals surface area contributed by atoms with Crippen molar-refractivity contribution >= 4 is 29.2 Å². The molecule has 0 saturated heterocycles. The quantitative estimate of drug-likeness (QED) is 0.0553. The molecule has 210 valence electrons. The van der Waals surface area contributed by atoms with Gasteiger partial charge in [0.1, 0.15) is 23.9 Å². The highest BCUT2D eigenvalue weighted by atomic mass is 16.6. The summed E-state index contributed by atoms with van der Waals surface area (Å²) in [7, 11) is 0. The summed E-state index contributed by atoms with van der Waals surface area (Å²) in [5.74, 6) is -1.26. The van der Waals surface area contributed by atoms with Crippen LogP contribution in [0.15, 0.2) is 70.7 Å². The molecule has 2 unspecified atom stereocenters. The summed E-state index contributed by atoms with van der Waals surface area (Å²) >= 11 is 0. The van der Waals surface area contributed by atoms with E-state index in [4.69, 9.17) is 19.9 Å². The standard InChI is InChI=1S/C25H25N5O10/c1-15(39-25(34)29-13-12-20(26)27-24(29)33)14-38-21(31)10-11-22(32)40-19-8-4-17(5-9-19)23(28-35)16-2-6-18(7-3-16)30(36)37/h2-9,12-13,15,25,34-35H,10-11,14H2,1H3,(H2,26,27,33)/b28-23+. The van der Waals surface area contributed by atoms with Crippen LogP contribution in [0.25, 0.3) is 0 Å².